The lowest BCUT2D eigenvalue weighted by Crippen LogP contribution is -2.22. The number of hydrogen-bond acceptors (Lipinski definition) is 2. The molecule has 1 heterocycles. The number of rotatable bonds is 3. The maximum atomic E-state index is 6.05. The standard InChI is InChI=1S/C14H20ClNO/c1-17-14-6-5-13(15)9-12(14)8-11-4-2-3-7-16-10-11/h5-6,9,11,16H,2-4,7-8,10H2,1H3. The summed E-state index contributed by atoms with van der Waals surface area (Å²) in [6.45, 7) is 2.26. The van der Waals surface area contributed by atoms with Gasteiger partial charge in [0.2, 0.25) is 0 Å². The topological polar surface area (TPSA) is 21.3 Å². The van der Waals surface area contributed by atoms with Crippen molar-refractivity contribution in [3.63, 3.8) is 0 Å². The highest BCUT2D eigenvalue weighted by Gasteiger charge is 2.15. The predicted octanol–water partition coefficient (Wildman–Crippen LogP) is 3.28. The van der Waals surface area contributed by atoms with E-state index in [1.165, 1.54) is 24.8 Å². The number of ether oxygens (including phenoxy) is 1. The molecule has 0 spiro atoms. The molecule has 1 aromatic rings. The Balaban J connectivity index is 2.07. The molecule has 1 unspecified atom stereocenters. The molecule has 0 bridgehead atoms. The van der Waals surface area contributed by atoms with Gasteiger partial charge in [-0.2, -0.15) is 0 Å². The minimum absolute atomic E-state index is 0.699. The Labute approximate surface area is 108 Å². The van der Waals surface area contributed by atoms with Crippen LogP contribution in [0, 0.1) is 5.92 Å². The van der Waals surface area contributed by atoms with Gasteiger partial charge in [0.1, 0.15) is 5.75 Å². The summed E-state index contributed by atoms with van der Waals surface area (Å²) in [6, 6.07) is 5.88. The van der Waals surface area contributed by atoms with E-state index in [1.807, 2.05) is 18.2 Å². The van der Waals surface area contributed by atoms with Crippen molar-refractivity contribution in [1.82, 2.24) is 5.32 Å². The zero-order chi connectivity index (χ0) is 12.1. The summed E-state index contributed by atoms with van der Waals surface area (Å²) in [4.78, 5) is 0. The van der Waals surface area contributed by atoms with Crippen molar-refractivity contribution in [2.24, 2.45) is 5.92 Å². The summed E-state index contributed by atoms with van der Waals surface area (Å²) < 4.78 is 5.39. The van der Waals surface area contributed by atoms with Crippen LogP contribution in [0.25, 0.3) is 0 Å². The summed E-state index contributed by atoms with van der Waals surface area (Å²) in [5.41, 5.74) is 1.23. The average Bonchev–Trinajstić information content (AvgIpc) is 2.58. The number of methoxy groups -OCH3 is 1. The lowest BCUT2D eigenvalue weighted by Gasteiger charge is -2.16. The van der Waals surface area contributed by atoms with Crippen molar-refractivity contribution >= 4 is 11.6 Å². The average molecular weight is 254 g/mol. The monoisotopic (exact) mass is 253 g/mol. The molecule has 3 heteroatoms. The summed E-state index contributed by atoms with van der Waals surface area (Å²) in [7, 11) is 1.72. The lowest BCUT2D eigenvalue weighted by molar-refractivity contribution is 0.400. The predicted molar refractivity (Wildman–Crippen MR) is 71.9 cm³/mol. The third-order valence-corrected chi connectivity index (χ3v) is 3.64. The fraction of sp³-hybridized carbons (Fsp3) is 0.571. The van der Waals surface area contributed by atoms with E-state index in [-0.39, 0.29) is 0 Å². The normalized spacial score (nSPS) is 20.9. The van der Waals surface area contributed by atoms with Gasteiger partial charge in [-0.25, -0.2) is 0 Å². The fourth-order valence-corrected chi connectivity index (χ4v) is 2.68. The van der Waals surface area contributed by atoms with E-state index in [0.29, 0.717) is 5.92 Å². The fourth-order valence-electron chi connectivity index (χ4n) is 2.48. The summed E-state index contributed by atoms with van der Waals surface area (Å²) in [6.07, 6.45) is 4.96. The first kappa shape index (κ1) is 12.7. The third kappa shape index (κ3) is 3.62. The molecule has 94 valence electrons. The molecule has 0 aliphatic carbocycles. The maximum Gasteiger partial charge on any atom is 0.122 e. The maximum absolute atomic E-state index is 6.05. The highest BCUT2D eigenvalue weighted by molar-refractivity contribution is 6.30. The molecule has 2 nitrogen and oxygen atoms in total. The molecule has 1 aliphatic rings. The second kappa shape index (κ2) is 6.27. The van der Waals surface area contributed by atoms with Gasteiger partial charge in [-0.1, -0.05) is 18.0 Å². The van der Waals surface area contributed by atoms with E-state index >= 15 is 0 Å². The van der Waals surface area contributed by atoms with Gasteiger partial charge in [0.15, 0.2) is 0 Å². The van der Waals surface area contributed by atoms with Gasteiger partial charge in [-0.05, 0) is 62.0 Å². The highest BCUT2D eigenvalue weighted by Crippen LogP contribution is 2.27. The highest BCUT2D eigenvalue weighted by atomic mass is 35.5. The molecule has 0 radical (unpaired) electrons. The van der Waals surface area contributed by atoms with Gasteiger partial charge in [0.25, 0.3) is 0 Å². The van der Waals surface area contributed by atoms with Crippen molar-refractivity contribution in [3.8, 4) is 5.75 Å². The Morgan fingerprint density at radius 3 is 3.12 bits per heavy atom. The molecule has 17 heavy (non-hydrogen) atoms. The van der Waals surface area contributed by atoms with E-state index in [4.69, 9.17) is 16.3 Å². The van der Waals surface area contributed by atoms with Gasteiger partial charge in [0.05, 0.1) is 7.11 Å². The molecule has 1 aliphatic heterocycles. The van der Waals surface area contributed by atoms with E-state index in [9.17, 15) is 0 Å². The molecule has 1 fully saturated rings. The Morgan fingerprint density at radius 1 is 1.41 bits per heavy atom. The van der Waals surface area contributed by atoms with Crippen LogP contribution in [0.2, 0.25) is 5.02 Å². The van der Waals surface area contributed by atoms with Crippen LogP contribution in [0.3, 0.4) is 0 Å². The second-order valence-corrected chi connectivity index (χ2v) is 5.16. The number of nitrogens with one attached hydrogen (secondary N) is 1. The van der Waals surface area contributed by atoms with Crippen molar-refractivity contribution in [2.45, 2.75) is 25.7 Å². The molecular formula is C14H20ClNO. The van der Waals surface area contributed by atoms with E-state index in [0.717, 1.165) is 30.3 Å². The Morgan fingerprint density at radius 2 is 2.29 bits per heavy atom. The van der Waals surface area contributed by atoms with E-state index in [1.54, 1.807) is 7.11 Å². The van der Waals surface area contributed by atoms with Crippen LogP contribution in [0.4, 0.5) is 0 Å². The number of halogens is 1. The SMILES string of the molecule is COc1ccc(Cl)cc1CC1CCCCNC1. The quantitative estimate of drug-likeness (QED) is 0.893. The van der Waals surface area contributed by atoms with Crippen LogP contribution in [-0.2, 0) is 6.42 Å². The molecule has 1 aromatic carbocycles. The van der Waals surface area contributed by atoms with Crippen LogP contribution in [0.1, 0.15) is 24.8 Å². The van der Waals surface area contributed by atoms with Crippen LogP contribution < -0.4 is 10.1 Å². The van der Waals surface area contributed by atoms with Gasteiger partial charge < -0.3 is 10.1 Å². The molecule has 0 saturated carbocycles. The minimum Gasteiger partial charge on any atom is -0.496 e. The molecule has 0 amide bonds. The van der Waals surface area contributed by atoms with Gasteiger partial charge in [-0.15, -0.1) is 0 Å². The zero-order valence-corrected chi connectivity index (χ0v) is 11.1. The Kier molecular flexibility index (Phi) is 4.69. The number of benzene rings is 1. The van der Waals surface area contributed by atoms with Crippen LogP contribution in [0.15, 0.2) is 18.2 Å². The van der Waals surface area contributed by atoms with Crippen LogP contribution in [-0.4, -0.2) is 20.2 Å². The van der Waals surface area contributed by atoms with Crippen molar-refractivity contribution in [2.75, 3.05) is 20.2 Å². The molecule has 1 saturated heterocycles. The first-order valence-corrected chi connectivity index (χ1v) is 6.70. The van der Waals surface area contributed by atoms with Gasteiger partial charge in [-0.3, -0.25) is 0 Å². The Bertz CT molecular complexity index is 359. The van der Waals surface area contributed by atoms with Gasteiger partial charge >= 0.3 is 0 Å². The molecule has 2 rings (SSSR count). The summed E-state index contributed by atoms with van der Waals surface area (Å²) in [5.74, 6) is 1.66. The molecule has 0 aromatic heterocycles. The minimum atomic E-state index is 0.699. The lowest BCUT2D eigenvalue weighted by atomic mass is 9.94. The zero-order valence-electron chi connectivity index (χ0n) is 10.3. The summed E-state index contributed by atoms with van der Waals surface area (Å²) >= 11 is 6.05. The smallest absolute Gasteiger partial charge is 0.122 e. The Hall–Kier alpha value is -0.730. The molecule has 1 atom stereocenters. The molecule has 1 N–H and O–H groups in total. The third-order valence-electron chi connectivity index (χ3n) is 3.40. The van der Waals surface area contributed by atoms with Crippen molar-refractivity contribution in [3.05, 3.63) is 28.8 Å². The summed E-state index contributed by atoms with van der Waals surface area (Å²) in [5, 5.41) is 4.29. The van der Waals surface area contributed by atoms with E-state index < -0.39 is 0 Å². The van der Waals surface area contributed by atoms with Crippen molar-refractivity contribution in [1.29, 1.82) is 0 Å². The van der Waals surface area contributed by atoms with Crippen LogP contribution >= 0.6 is 11.6 Å². The largest absolute Gasteiger partial charge is 0.496 e. The number of hydrogen-bond donors (Lipinski definition) is 1. The molecular weight excluding hydrogens is 234 g/mol. The van der Waals surface area contributed by atoms with Crippen LogP contribution in [0.5, 0.6) is 5.75 Å². The first-order valence-electron chi connectivity index (χ1n) is 6.32. The second-order valence-electron chi connectivity index (χ2n) is 4.73. The van der Waals surface area contributed by atoms with Crippen molar-refractivity contribution < 1.29 is 4.74 Å². The van der Waals surface area contributed by atoms with Gasteiger partial charge in [0, 0.05) is 5.02 Å². The van der Waals surface area contributed by atoms with E-state index in [2.05, 4.69) is 5.32 Å². The first-order chi connectivity index (χ1) is 8.29.